The molecule has 1 atom stereocenters. The first-order valence-electron chi connectivity index (χ1n) is 6.17. The zero-order valence-electron chi connectivity index (χ0n) is 10.7. The molecule has 0 aliphatic carbocycles. The van der Waals surface area contributed by atoms with E-state index in [2.05, 4.69) is 33.9 Å². The number of rotatable bonds is 5. The normalized spacial score (nSPS) is 12.6. The number of aromatic nitrogens is 2. The van der Waals surface area contributed by atoms with Crippen LogP contribution in [0.15, 0.2) is 36.7 Å². The van der Waals surface area contributed by atoms with Gasteiger partial charge < -0.3 is 9.88 Å². The molecule has 0 saturated heterocycles. The van der Waals surface area contributed by atoms with Gasteiger partial charge in [0.1, 0.15) is 5.82 Å². The maximum absolute atomic E-state index is 5.91. The number of nitrogens with one attached hydrogen (secondary N) is 1. The van der Waals surface area contributed by atoms with Crippen molar-refractivity contribution < 1.29 is 0 Å². The van der Waals surface area contributed by atoms with Crippen molar-refractivity contribution in [2.45, 2.75) is 25.9 Å². The number of aryl methyl sites for hydroxylation is 1. The molecule has 1 aromatic carbocycles. The second-order valence-electron chi connectivity index (χ2n) is 4.23. The van der Waals surface area contributed by atoms with Crippen LogP contribution in [0.2, 0.25) is 5.02 Å². The Morgan fingerprint density at radius 2 is 2.06 bits per heavy atom. The summed E-state index contributed by atoms with van der Waals surface area (Å²) in [6.07, 6.45) is 4.75. The number of halogens is 1. The van der Waals surface area contributed by atoms with E-state index >= 15 is 0 Å². The molecule has 0 aliphatic rings. The van der Waals surface area contributed by atoms with Crippen molar-refractivity contribution in [3.8, 4) is 0 Å². The molecule has 2 rings (SSSR count). The molecule has 0 fully saturated rings. The van der Waals surface area contributed by atoms with Crippen molar-refractivity contribution >= 4 is 11.6 Å². The Kier molecular flexibility index (Phi) is 4.39. The van der Waals surface area contributed by atoms with Crippen molar-refractivity contribution in [2.75, 3.05) is 7.05 Å². The average Bonchev–Trinajstić information content (AvgIpc) is 2.84. The molecule has 0 amide bonds. The zero-order chi connectivity index (χ0) is 13.0. The second kappa shape index (κ2) is 6.03. The summed E-state index contributed by atoms with van der Waals surface area (Å²) in [7, 11) is 1.97. The molecule has 0 aliphatic heterocycles. The third-order valence-corrected chi connectivity index (χ3v) is 3.40. The Labute approximate surface area is 113 Å². The SMILES string of the molecule is CCn1ccnc1CC(NC)c1ccc(Cl)cc1. The molecule has 2 aromatic rings. The van der Waals surface area contributed by atoms with E-state index in [0.29, 0.717) is 0 Å². The van der Waals surface area contributed by atoms with Gasteiger partial charge in [-0.05, 0) is 31.7 Å². The lowest BCUT2D eigenvalue weighted by Crippen LogP contribution is -2.20. The minimum Gasteiger partial charge on any atom is -0.335 e. The van der Waals surface area contributed by atoms with E-state index in [0.717, 1.165) is 23.8 Å². The summed E-state index contributed by atoms with van der Waals surface area (Å²) in [5.41, 5.74) is 1.23. The molecule has 0 radical (unpaired) electrons. The van der Waals surface area contributed by atoms with E-state index in [1.807, 2.05) is 31.6 Å². The molecular formula is C14H18ClN3. The van der Waals surface area contributed by atoms with Gasteiger partial charge in [0, 0.05) is 36.4 Å². The highest BCUT2D eigenvalue weighted by molar-refractivity contribution is 6.30. The molecule has 0 spiro atoms. The Balaban J connectivity index is 2.17. The van der Waals surface area contributed by atoms with Gasteiger partial charge in [-0.2, -0.15) is 0 Å². The number of hydrogen-bond donors (Lipinski definition) is 1. The minimum atomic E-state index is 0.259. The molecule has 4 heteroatoms. The largest absolute Gasteiger partial charge is 0.335 e. The molecule has 96 valence electrons. The number of likely N-dealkylation sites (N-methyl/N-ethyl adjacent to an activating group) is 1. The monoisotopic (exact) mass is 263 g/mol. The van der Waals surface area contributed by atoms with E-state index in [1.54, 1.807) is 0 Å². The van der Waals surface area contributed by atoms with Crippen molar-refractivity contribution in [2.24, 2.45) is 0 Å². The van der Waals surface area contributed by atoms with Gasteiger partial charge >= 0.3 is 0 Å². The Hall–Kier alpha value is -1.32. The van der Waals surface area contributed by atoms with E-state index in [4.69, 9.17) is 11.6 Å². The smallest absolute Gasteiger partial charge is 0.110 e. The van der Waals surface area contributed by atoms with Crippen LogP contribution < -0.4 is 5.32 Å². The maximum atomic E-state index is 5.91. The molecular weight excluding hydrogens is 246 g/mol. The zero-order valence-corrected chi connectivity index (χ0v) is 11.5. The molecule has 1 N–H and O–H groups in total. The van der Waals surface area contributed by atoms with Crippen molar-refractivity contribution in [1.82, 2.24) is 14.9 Å². The van der Waals surface area contributed by atoms with Crippen LogP contribution in [-0.4, -0.2) is 16.6 Å². The maximum Gasteiger partial charge on any atom is 0.110 e. The van der Waals surface area contributed by atoms with Gasteiger partial charge in [-0.1, -0.05) is 23.7 Å². The predicted molar refractivity (Wildman–Crippen MR) is 74.9 cm³/mol. The van der Waals surface area contributed by atoms with Crippen molar-refractivity contribution in [1.29, 1.82) is 0 Å². The second-order valence-corrected chi connectivity index (χ2v) is 4.66. The van der Waals surface area contributed by atoms with Crippen LogP contribution in [0, 0.1) is 0 Å². The van der Waals surface area contributed by atoms with E-state index in [1.165, 1.54) is 5.56 Å². The summed E-state index contributed by atoms with van der Waals surface area (Å²) in [6.45, 7) is 3.08. The highest BCUT2D eigenvalue weighted by Gasteiger charge is 2.13. The highest BCUT2D eigenvalue weighted by Crippen LogP contribution is 2.19. The van der Waals surface area contributed by atoms with Crippen molar-refractivity contribution in [3.63, 3.8) is 0 Å². The lowest BCUT2D eigenvalue weighted by atomic mass is 10.0. The van der Waals surface area contributed by atoms with E-state index in [9.17, 15) is 0 Å². The summed E-state index contributed by atoms with van der Waals surface area (Å²) in [6, 6.07) is 8.22. The van der Waals surface area contributed by atoms with Crippen LogP contribution in [0.3, 0.4) is 0 Å². The van der Waals surface area contributed by atoms with Crippen LogP contribution in [0.25, 0.3) is 0 Å². The minimum absolute atomic E-state index is 0.259. The molecule has 1 unspecified atom stereocenters. The fourth-order valence-electron chi connectivity index (χ4n) is 2.08. The summed E-state index contributed by atoms with van der Waals surface area (Å²) in [5.74, 6) is 1.10. The standard InChI is InChI=1S/C14H18ClN3/c1-3-18-9-8-17-14(18)10-13(16-2)11-4-6-12(15)7-5-11/h4-9,13,16H,3,10H2,1-2H3. The third-order valence-electron chi connectivity index (χ3n) is 3.15. The summed E-state index contributed by atoms with van der Waals surface area (Å²) in [4.78, 5) is 4.41. The fraction of sp³-hybridized carbons (Fsp3) is 0.357. The van der Waals surface area contributed by atoms with Gasteiger partial charge in [0.2, 0.25) is 0 Å². The number of benzene rings is 1. The average molecular weight is 264 g/mol. The summed E-state index contributed by atoms with van der Waals surface area (Å²) in [5, 5.41) is 4.10. The van der Waals surface area contributed by atoms with Crippen molar-refractivity contribution in [3.05, 3.63) is 53.1 Å². The molecule has 1 aromatic heterocycles. The molecule has 3 nitrogen and oxygen atoms in total. The molecule has 1 heterocycles. The van der Waals surface area contributed by atoms with E-state index in [-0.39, 0.29) is 6.04 Å². The van der Waals surface area contributed by atoms with Gasteiger partial charge in [0.25, 0.3) is 0 Å². The van der Waals surface area contributed by atoms with Crippen LogP contribution >= 0.6 is 11.6 Å². The van der Waals surface area contributed by atoms with Gasteiger partial charge in [0.15, 0.2) is 0 Å². The first kappa shape index (κ1) is 13.1. The van der Waals surface area contributed by atoms with Crippen LogP contribution in [0.4, 0.5) is 0 Å². The van der Waals surface area contributed by atoms with Crippen LogP contribution in [0.5, 0.6) is 0 Å². The van der Waals surface area contributed by atoms with Gasteiger partial charge in [-0.15, -0.1) is 0 Å². The number of imidazole rings is 1. The topological polar surface area (TPSA) is 29.9 Å². The van der Waals surface area contributed by atoms with Gasteiger partial charge in [0.05, 0.1) is 0 Å². The van der Waals surface area contributed by atoms with Crippen LogP contribution in [0.1, 0.15) is 24.4 Å². The lowest BCUT2D eigenvalue weighted by Gasteiger charge is -2.17. The predicted octanol–water partition coefficient (Wildman–Crippen LogP) is 3.06. The number of hydrogen-bond acceptors (Lipinski definition) is 2. The molecule has 0 bridgehead atoms. The van der Waals surface area contributed by atoms with Gasteiger partial charge in [-0.3, -0.25) is 0 Å². The molecule has 18 heavy (non-hydrogen) atoms. The van der Waals surface area contributed by atoms with Gasteiger partial charge in [-0.25, -0.2) is 4.98 Å². The summed E-state index contributed by atoms with van der Waals surface area (Å²) >= 11 is 5.91. The van der Waals surface area contributed by atoms with E-state index < -0.39 is 0 Å². The van der Waals surface area contributed by atoms with Crippen LogP contribution in [-0.2, 0) is 13.0 Å². The quantitative estimate of drug-likeness (QED) is 0.899. The Morgan fingerprint density at radius 3 is 2.67 bits per heavy atom. The summed E-state index contributed by atoms with van der Waals surface area (Å²) < 4.78 is 2.17. The first-order chi connectivity index (χ1) is 8.74. The Morgan fingerprint density at radius 1 is 1.33 bits per heavy atom. The first-order valence-corrected chi connectivity index (χ1v) is 6.55. The Bertz CT molecular complexity index is 490. The lowest BCUT2D eigenvalue weighted by molar-refractivity contribution is 0.553. The molecule has 0 saturated carbocycles. The number of nitrogens with zero attached hydrogens (tertiary/aromatic N) is 2. The third kappa shape index (κ3) is 2.92. The fourth-order valence-corrected chi connectivity index (χ4v) is 2.21. The highest BCUT2D eigenvalue weighted by atomic mass is 35.5.